The fourth-order valence-electron chi connectivity index (χ4n) is 2.25. The second-order valence-corrected chi connectivity index (χ2v) is 5.93. The molecular weight excluding hydrogens is 270 g/mol. The molecule has 0 aliphatic heterocycles. The first-order valence-corrected chi connectivity index (χ1v) is 7.33. The zero-order valence-electron chi connectivity index (χ0n) is 12.8. The third-order valence-corrected chi connectivity index (χ3v) is 3.95. The summed E-state index contributed by atoms with van der Waals surface area (Å²) in [6.45, 7) is 11.2. The van der Waals surface area contributed by atoms with Crippen LogP contribution in [0.3, 0.4) is 0 Å². The van der Waals surface area contributed by atoms with E-state index >= 15 is 0 Å². The second kappa shape index (κ2) is 5.98. The van der Waals surface area contributed by atoms with Crippen molar-refractivity contribution in [3.8, 4) is 5.69 Å². The fourth-order valence-corrected chi connectivity index (χ4v) is 2.36. The Morgan fingerprint density at radius 3 is 2.45 bits per heavy atom. The van der Waals surface area contributed by atoms with Crippen molar-refractivity contribution in [3.05, 3.63) is 45.7 Å². The van der Waals surface area contributed by atoms with Gasteiger partial charge in [0.2, 0.25) is 0 Å². The van der Waals surface area contributed by atoms with E-state index in [0.717, 1.165) is 28.6 Å². The number of aryl methyl sites for hydroxylation is 2. The maximum absolute atomic E-state index is 6.22. The summed E-state index contributed by atoms with van der Waals surface area (Å²) in [5.41, 5.74) is 5.43. The van der Waals surface area contributed by atoms with Gasteiger partial charge in [-0.1, -0.05) is 37.6 Å². The lowest BCUT2D eigenvalue weighted by molar-refractivity contribution is 0.588. The Balaban J connectivity index is 2.32. The van der Waals surface area contributed by atoms with Gasteiger partial charge in [-0.3, -0.25) is 0 Å². The zero-order valence-corrected chi connectivity index (χ0v) is 13.5. The molecule has 4 heteroatoms. The number of hydrogen-bond donors (Lipinski definition) is 1. The van der Waals surface area contributed by atoms with Gasteiger partial charge in [-0.05, 0) is 38.0 Å². The minimum absolute atomic E-state index is 0.491. The van der Waals surface area contributed by atoms with E-state index in [-0.39, 0.29) is 0 Å². The Morgan fingerprint density at radius 2 is 1.95 bits per heavy atom. The standard InChI is InChI=1S/C16H22ClN3/c1-10(2)18-9-14-6-7-15(11(3)8-14)20-13(5)16(17)12(4)19-20/h6-8,10,18H,9H2,1-5H3. The highest BCUT2D eigenvalue weighted by molar-refractivity contribution is 6.31. The average Bonchev–Trinajstić information content (AvgIpc) is 2.64. The van der Waals surface area contributed by atoms with Crippen LogP contribution in [-0.4, -0.2) is 15.8 Å². The summed E-state index contributed by atoms with van der Waals surface area (Å²) in [6.07, 6.45) is 0. The molecule has 2 aromatic rings. The molecule has 0 amide bonds. The summed E-state index contributed by atoms with van der Waals surface area (Å²) in [7, 11) is 0. The molecular formula is C16H22ClN3. The molecule has 20 heavy (non-hydrogen) atoms. The molecule has 0 aliphatic rings. The predicted octanol–water partition coefficient (Wildman–Crippen LogP) is 3.95. The molecule has 1 aromatic heterocycles. The van der Waals surface area contributed by atoms with Crippen LogP contribution < -0.4 is 5.32 Å². The summed E-state index contributed by atoms with van der Waals surface area (Å²) in [5, 5.41) is 8.69. The van der Waals surface area contributed by atoms with Crippen LogP contribution in [0, 0.1) is 20.8 Å². The van der Waals surface area contributed by atoms with Gasteiger partial charge in [-0.25, -0.2) is 4.68 Å². The van der Waals surface area contributed by atoms with Crippen molar-refractivity contribution in [2.45, 2.75) is 47.2 Å². The Labute approximate surface area is 126 Å². The number of benzene rings is 1. The molecule has 1 N–H and O–H groups in total. The van der Waals surface area contributed by atoms with Gasteiger partial charge in [0.05, 0.1) is 22.1 Å². The van der Waals surface area contributed by atoms with Gasteiger partial charge in [0.25, 0.3) is 0 Å². The summed E-state index contributed by atoms with van der Waals surface area (Å²) < 4.78 is 1.92. The minimum Gasteiger partial charge on any atom is -0.310 e. The largest absolute Gasteiger partial charge is 0.310 e. The highest BCUT2D eigenvalue weighted by Crippen LogP contribution is 2.24. The number of aromatic nitrogens is 2. The monoisotopic (exact) mass is 291 g/mol. The number of halogens is 1. The van der Waals surface area contributed by atoms with E-state index in [1.807, 2.05) is 18.5 Å². The van der Waals surface area contributed by atoms with E-state index in [0.29, 0.717) is 6.04 Å². The average molecular weight is 292 g/mol. The molecule has 2 rings (SSSR count). The van der Waals surface area contributed by atoms with Crippen LogP contribution in [0.2, 0.25) is 5.02 Å². The van der Waals surface area contributed by atoms with Crippen molar-refractivity contribution in [2.75, 3.05) is 0 Å². The molecule has 0 unspecified atom stereocenters. The second-order valence-electron chi connectivity index (χ2n) is 5.55. The minimum atomic E-state index is 0.491. The SMILES string of the molecule is Cc1cc(CNC(C)C)ccc1-n1nc(C)c(Cl)c1C. The molecule has 0 saturated heterocycles. The smallest absolute Gasteiger partial charge is 0.0848 e. The number of rotatable bonds is 4. The molecule has 0 radical (unpaired) electrons. The zero-order chi connectivity index (χ0) is 14.9. The summed E-state index contributed by atoms with van der Waals surface area (Å²) in [5.74, 6) is 0. The summed E-state index contributed by atoms with van der Waals surface area (Å²) >= 11 is 6.22. The lowest BCUT2D eigenvalue weighted by atomic mass is 10.1. The number of nitrogens with zero attached hydrogens (tertiary/aromatic N) is 2. The molecule has 0 aliphatic carbocycles. The van der Waals surface area contributed by atoms with Crippen LogP contribution in [0.25, 0.3) is 5.69 Å². The van der Waals surface area contributed by atoms with Gasteiger partial charge < -0.3 is 5.32 Å². The first-order chi connectivity index (χ1) is 9.40. The fraction of sp³-hybridized carbons (Fsp3) is 0.438. The lowest BCUT2D eigenvalue weighted by Crippen LogP contribution is -2.21. The van der Waals surface area contributed by atoms with Gasteiger partial charge in [0, 0.05) is 12.6 Å². The maximum Gasteiger partial charge on any atom is 0.0848 e. The highest BCUT2D eigenvalue weighted by atomic mass is 35.5. The Kier molecular flexibility index (Phi) is 4.51. The van der Waals surface area contributed by atoms with Gasteiger partial charge in [0.15, 0.2) is 0 Å². The van der Waals surface area contributed by atoms with Crippen molar-refractivity contribution >= 4 is 11.6 Å². The van der Waals surface area contributed by atoms with E-state index in [9.17, 15) is 0 Å². The van der Waals surface area contributed by atoms with Crippen LogP contribution in [0.1, 0.15) is 36.4 Å². The first-order valence-electron chi connectivity index (χ1n) is 6.95. The van der Waals surface area contributed by atoms with Crippen molar-refractivity contribution in [1.82, 2.24) is 15.1 Å². The lowest BCUT2D eigenvalue weighted by Gasteiger charge is -2.12. The third kappa shape index (κ3) is 3.05. The highest BCUT2D eigenvalue weighted by Gasteiger charge is 2.12. The first kappa shape index (κ1) is 15.1. The normalized spacial score (nSPS) is 11.3. The third-order valence-electron chi connectivity index (χ3n) is 3.41. The van der Waals surface area contributed by atoms with Crippen LogP contribution in [0.5, 0.6) is 0 Å². The Morgan fingerprint density at radius 1 is 1.25 bits per heavy atom. The van der Waals surface area contributed by atoms with Crippen molar-refractivity contribution < 1.29 is 0 Å². The van der Waals surface area contributed by atoms with Gasteiger partial charge in [-0.15, -0.1) is 0 Å². The van der Waals surface area contributed by atoms with Gasteiger partial charge >= 0.3 is 0 Å². The molecule has 3 nitrogen and oxygen atoms in total. The molecule has 0 spiro atoms. The number of nitrogens with one attached hydrogen (secondary N) is 1. The quantitative estimate of drug-likeness (QED) is 0.924. The molecule has 108 valence electrons. The van der Waals surface area contributed by atoms with Gasteiger partial charge in [-0.2, -0.15) is 5.10 Å². The Hall–Kier alpha value is -1.32. The van der Waals surface area contributed by atoms with Gasteiger partial charge in [0.1, 0.15) is 0 Å². The maximum atomic E-state index is 6.22. The van der Waals surface area contributed by atoms with Crippen molar-refractivity contribution in [2.24, 2.45) is 0 Å². The topological polar surface area (TPSA) is 29.9 Å². The molecule has 0 saturated carbocycles. The van der Waals surface area contributed by atoms with Crippen LogP contribution in [-0.2, 0) is 6.54 Å². The van der Waals surface area contributed by atoms with Crippen LogP contribution >= 0.6 is 11.6 Å². The van der Waals surface area contributed by atoms with Crippen molar-refractivity contribution in [3.63, 3.8) is 0 Å². The molecule has 1 heterocycles. The summed E-state index contributed by atoms with van der Waals surface area (Å²) in [4.78, 5) is 0. The van der Waals surface area contributed by atoms with E-state index < -0.39 is 0 Å². The summed E-state index contributed by atoms with van der Waals surface area (Å²) in [6, 6.07) is 6.95. The predicted molar refractivity (Wildman–Crippen MR) is 84.8 cm³/mol. The van der Waals surface area contributed by atoms with Crippen molar-refractivity contribution in [1.29, 1.82) is 0 Å². The van der Waals surface area contributed by atoms with E-state index in [2.05, 4.69) is 49.4 Å². The Bertz CT molecular complexity index is 614. The van der Waals surface area contributed by atoms with Crippen LogP contribution in [0.4, 0.5) is 0 Å². The number of hydrogen-bond acceptors (Lipinski definition) is 2. The molecule has 0 bridgehead atoms. The molecule has 0 atom stereocenters. The van der Waals surface area contributed by atoms with E-state index in [1.54, 1.807) is 0 Å². The van der Waals surface area contributed by atoms with Crippen LogP contribution in [0.15, 0.2) is 18.2 Å². The molecule has 0 fully saturated rings. The molecule has 1 aromatic carbocycles. The van der Waals surface area contributed by atoms with E-state index in [1.165, 1.54) is 11.1 Å². The van der Waals surface area contributed by atoms with E-state index in [4.69, 9.17) is 11.6 Å².